The van der Waals surface area contributed by atoms with Crippen LogP contribution in [0.3, 0.4) is 0 Å². The van der Waals surface area contributed by atoms with Crippen molar-refractivity contribution in [2.75, 3.05) is 23.7 Å². The normalized spacial score (nSPS) is 25.8. The number of pyridine rings is 1. The summed E-state index contributed by atoms with van der Waals surface area (Å²) in [5, 5.41) is 0.432. The van der Waals surface area contributed by atoms with E-state index in [0.717, 1.165) is 18.9 Å². The van der Waals surface area contributed by atoms with E-state index < -0.39 is 0 Å². The molecule has 5 heteroatoms. The third-order valence-corrected chi connectivity index (χ3v) is 2.74. The van der Waals surface area contributed by atoms with E-state index in [9.17, 15) is 0 Å². The molecule has 0 spiro atoms. The van der Waals surface area contributed by atoms with Gasteiger partial charge in [0.2, 0.25) is 0 Å². The van der Waals surface area contributed by atoms with Crippen molar-refractivity contribution >= 4 is 23.1 Å². The van der Waals surface area contributed by atoms with Gasteiger partial charge in [0.1, 0.15) is 11.0 Å². The molecule has 0 radical (unpaired) electrons. The maximum Gasteiger partial charge on any atom is 0.133 e. The van der Waals surface area contributed by atoms with E-state index in [-0.39, 0.29) is 12.2 Å². The molecule has 0 aliphatic carbocycles. The summed E-state index contributed by atoms with van der Waals surface area (Å²) in [5.74, 6) is 0.826. The predicted molar refractivity (Wildman–Crippen MR) is 65.9 cm³/mol. The van der Waals surface area contributed by atoms with E-state index >= 15 is 0 Å². The molecule has 0 bridgehead atoms. The first-order valence-corrected chi connectivity index (χ1v) is 5.76. The Hall–Kier alpha value is -1.00. The fraction of sp³-hybridized carbons (Fsp3) is 0.545. The van der Waals surface area contributed by atoms with Crippen LogP contribution in [0, 0.1) is 0 Å². The van der Waals surface area contributed by atoms with Gasteiger partial charge < -0.3 is 15.4 Å². The van der Waals surface area contributed by atoms with Crippen LogP contribution in [0.1, 0.15) is 13.8 Å². The molecule has 2 atom stereocenters. The van der Waals surface area contributed by atoms with Crippen molar-refractivity contribution in [3.05, 3.63) is 17.3 Å². The standard InChI is InChI=1S/C11H16ClN3O/c1-7-5-15(6-8(2)16-7)11-4-9(13)3-10(12)14-11/h3-4,7-8H,5-6H2,1-2H3,(H2,13,14). The molecule has 16 heavy (non-hydrogen) atoms. The maximum absolute atomic E-state index is 5.89. The maximum atomic E-state index is 5.89. The summed E-state index contributed by atoms with van der Waals surface area (Å²) >= 11 is 5.89. The molecule has 2 unspecified atom stereocenters. The molecule has 1 saturated heterocycles. The number of aromatic nitrogens is 1. The number of halogens is 1. The van der Waals surface area contributed by atoms with Gasteiger partial charge in [-0.1, -0.05) is 11.6 Å². The molecule has 2 N–H and O–H groups in total. The van der Waals surface area contributed by atoms with Gasteiger partial charge in [-0.05, 0) is 19.9 Å². The minimum atomic E-state index is 0.200. The molecule has 2 rings (SSSR count). The Bertz CT molecular complexity index is 355. The highest BCUT2D eigenvalue weighted by molar-refractivity contribution is 6.29. The molecule has 1 fully saturated rings. The van der Waals surface area contributed by atoms with Crippen molar-refractivity contribution < 1.29 is 4.74 Å². The summed E-state index contributed by atoms with van der Waals surface area (Å²) in [7, 11) is 0. The Morgan fingerprint density at radius 2 is 2.00 bits per heavy atom. The molecule has 1 aromatic heterocycles. The van der Waals surface area contributed by atoms with Crippen LogP contribution in [0.25, 0.3) is 0 Å². The third kappa shape index (κ3) is 2.57. The molecular formula is C11H16ClN3O. The number of rotatable bonds is 1. The molecule has 1 aliphatic rings. The average Bonchev–Trinajstić information content (AvgIpc) is 2.14. The van der Waals surface area contributed by atoms with Crippen molar-refractivity contribution in [2.24, 2.45) is 0 Å². The van der Waals surface area contributed by atoms with Crippen LogP contribution in [0.2, 0.25) is 5.15 Å². The lowest BCUT2D eigenvalue weighted by Gasteiger charge is -2.36. The monoisotopic (exact) mass is 241 g/mol. The fourth-order valence-corrected chi connectivity index (χ4v) is 2.24. The molecule has 0 amide bonds. The van der Waals surface area contributed by atoms with Gasteiger partial charge in [-0.3, -0.25) is 0 Å². The van der Waals surface area contributed by atoms with Gasteiger partial charge in [-0.2, -0.15) is 0 Å². The van der Waals surface area contributed by atoms with Crippen molar-refractivity contribution in [1.29, 1.82) is 0 Å². The van der Waals surface area contributed by atoms with E-state index in [1.165, 1.54) is 0 Å². The third-order valence-electron chi connectivity index (χ3n) is 2.55. The van der Waals surface area contributed by atoms with E-state index in [1.54, 1.807) is 6.07 Å². The number of ether oxygens (including phenoxy) is 1. The molecule has 2 heterocycles. The summed E-state index contributed by atoms with van der Waals surface area (Å²) in [5.41, 5.74) is 6.39. The zero-order valence-corrected chi connectivity index (χ0v) is 10.2. The van der Waals surface area contributed by atoms with Crippen LogP contribution in [-0.4, -0.2) is 30.3 Å². The van der Waals surface area contributed by atoms with Crippen molar-refractivity contribution in [2.45, 2.75) is 26.1 Å². The first-order chi connectivity index (χ1) is 7.54. The molecule has 1 aliphatic heterocycles. The Kier molecular flexibility index (Phi) is 3.21. The highest BCUT2D eigenvalue weighted by Gasteiger charge is 2.23. The second-order valence-corrected chi connectivity index (χ2v) is 4.63. The minimum Gasteiger partial charge on any atom is -0.399 e. The Morgan fingerprint density at radius 1 is 1.38 bits per heavy atom. The lowest BCUT2D eigenvalue weighted by molar-refractivity contribution is -0.00545. The van der Waals surface area contributed by atoms with Crippen molar-refractivity contribution in [1.82, 2.24) is 4.98 Å². The van der Waals surface area contributed by atoms with E-state index in [4.69, 9.17) is 22.1 Å². The first kappa shape index (κ1) is 11.5. The SMILES string of the molecule is CC1CN(c2cc(N)cc(Cl)n2)CC(C)O1. The van der Waals surface area contributed by atoms with Crippen LogP contribution in [0.5, 0.6) is 0 Å². The molecule has 88 valence electrons. The van der Waals surface area contributed by atoms with Gasteiger partial charge in [0.15, 0.2) is 0 Å². The van der Waals surface area contributed by atoms with Gasteiger partial charge in [-0.15, -0.1) is 0 Å². The predicted octanol–water partition coefficient (Wildman–Crippen LogP) is 1.93. The lowest BCUT2D eigenvalue weighted by atomic mass is 10.2. The van der Waals surface area contributed by atoms with Gasteiger partial charge >= 0.3 is 0 Å². The summed E-state index contributed by atoms with van der Waals surface area (Å²) in [6, 6.07) is 3.50. The Morgan fingerprint density at radius 3 is 2.56 bits per heavy atom. The van der Waals surface area contributed by atoms with E-state index in [1.807, 2.05) is 6.07 Å². The van der Waals surface area contributed by atoms with Gasteiger partial charge in [-0.25, -0.2) is 4.98 Å². The van der Waals surface area contributed by atoms with Crippen LogP contribution < -0.4 is 10.6 Å². The number of hydrogen-bond acceptors (Lipinski definition) is 4. The molecular weight excluding hydrogens is 226 g/mol. The molecule has 1 aromatic rings. The zero-order valence-electron chi connectivity index (χ0n) is 9.48. The topological polar surface area (TPSA) is 51.4 Å². The second-order valence-electron chi connectivity index (χ2n) is 4.24. The Labute approximate surface area is 100 Å². The lowest BCUT2D eigenvalue weighted by Crippen LogP contribution is -2.45. The van der Waals surface area contributed by atoms with Crippen molar-refractivity contribution in [3.63, 3.8) is 0 Å². The largest absolute Gasteiger partial charge is 0.399 e. The van der Waals surface area contributed by atoms with Crippen LogP contribution in [-0.2, 0) is 4.74 Å². The Balaban J connectivity index is 2.22. The highest BCUT2D eigenvalue weighted by atomic mass is 35.5. The van der Waals surface area contributed by atoms with E-state index in [2.05, 4.69) is 23.7 Å². The number of anilines is 2. The minimum absolute atomic E-state index is 0.200. The van der Waals surface area contributed by atoms with Gasteiger partial charge in [0.05, 0.1) is 12.2 Å². The number of morpholine rings is 1. The highest BCUT2D eigenvalue weighted by Crippen LogP contribution is 2.22. The van der Waals surface area contributed by atoms with Gasteiger partial charge in [0, 0.05) is 24.8 Å². The number of nitrogen functional groups attached to an aromatic ring is 1. The quantitative estimate of drug-likeness (QED) is 0.764. The summed E-state index contributed by atoms with van der Waals surface area (Å²) in [6.45, 7) is 5.74. The van der Waals surface area contributed by atoms with Crippen LogP contribution in [0.15, 0.2) is 12.1 Å². The van der Waals surface area contributed by atoms with Gasteiger partial charge in [0.25, 0.3) is 0 Å². The summed E-state index contributed by atoms with van der Waals surface area (Å²) < 4.78 is 5.66. The fourth-order valence-electron chi connectivity index (χ4n) is 2.03. The van der Waals surface area contributed by atoms with Crippen LogP contribution in [0.4, 0.5) is 11.5 Å². The number of nitrogens with two attached hydrogens (primary N) is 1. The molecule has 0 saturated carbocycles. The summed E-state index contributed by atoms with van der Waals surface area (Å²) in [6.07, 6.45) is 0.400. The second kappa shape index (κ2) is 4.47. The number of hydrogen-bond donors (Lipinski definition) is 1. The molecule has 0 aromatic carbocycles. The smallest absolute Gasteiger partial charge is 0.133 e. The van der Waals surface area contributed by atoms with E-state index in [0.29, 0.717) is 10.8 Å². The molecule has 4 nitrogen and oxygen atoms in total. The van der Waals surface area contributed by atoms with Crippen LogP contribution >= 0.6 is 11.6 Å². The van der Waals surface area contributed by atoms with Crippen molar-refractivity contribution in [3.8, 4) is 0 Å². The average molecular weight is 242 g/mol. The summed E-state index contributed by atoms with van der Waals surface area (Å²) in [4.78, 5) is 6.44. The zero-order chi connectivity index (χ0) is 11.7. The first-order valence-electron chi connectivity index (χ1n) is 5.38. The number of nitrogens with zero attached hydrogens (tertiary/aromatic N) is 2.